The van der Waals surface area contributed by atoms with Crippen LogP contribution in [0.4, 0.5) is 5.82 Å². The van der Waals surface area contributed by atoms with Crippen molar-refractivity contribution < 1.29 is 4.79 Å². The van der Waals surface area contributed by atoms with Gasteiger partial charge in [-0.05, 0) is 26.0 Å². The first kappa shape index (κ1) is 18.6. The molecule has 7 nitrogen and oxygen atoms in total. The topological polar surface area (TPSA) is 99.8 Å². The van der Waals surface area contributed by atoms with Gasteiger partial charge in [-0.1, -0.05) is 20.8 Å². The molecule has 3 N–H and O–H groups in total. The highest BCUT2D eigenvalue weighted by atomic mass is 16.2. The molecule has 0 radical (unpaired) electrons. The van der Waals surface area contributed by atoms with Gasteiger partial charge in [-0.15, -0.1) is 0 Å². The minimum Gasteiger partial charge on any atom is -0.368 e. The summed E-state index contributed by atoms with van der Waals surface area (Å²) >= 11 is 0. The molecular weight excluding hydrogens is 318 g/mol. The smallest absolute Gasteiger partial charge is 0.254 e. The molecule has 2 heterocycles. The van der Waals surface area contributed by atoms with E-state index in [-0.39, 0.29) is 11.5 Å². The third kappa shape index (κ3) is 4.89. The summed E-state index contributed by atoms with van der Waals surface area (Å²) in [5.74, 6) is 1.21. The number of carbonyl (C=O) groups is 1. The maximum Gasteiger partial charge on any atom is 0.254 e. The second kappa shape index (κ2) is 7.46. The predicted octanol–water partition coefficient (Wildman–Crippen LogP) is 2.02. The van der Waals surface area contributed by atoms with Gasteiger partial charge in [0.25, 0.3) is 5.56 Å². The summed E-state index contributed by atoms with van der Waals surface area (Å²) in [6, 6.07) is 3.66. The van der Waals surface area contributed by atoms with E-state index in [0.29, 0.717) is 36.0 Å². The molecule has 134 valence electrons. The van der Waals surface area contributed by atoms with Crippen molar-refractivity contribution in [3.8, 4) is 11.4 Å². The highest BCUT2D eigenvalue weighted by molar-refractivity contribution is 5.81. The van der Waals surface area contributed by atoms with Crippen molar-refractivity contribution >= 4 is 11.7 Å². The quantitative estimate of drug-likeness (QED) is 0.721. The highest BCUT2D eigenvalue weighted by Gasteiger charge is 2.20. The van der Waals surface area contributed by atoms with Gasteiger partial charge in [0.1, 0.15) is 11.6 Å². The number of aromatic nitrogens is 3. The summed E-state index contributed by atoms with van der Waals surface area (Å²) in [6.45, 7) is 10.3. The Bertz CT molecular complexity index is 804. The second-order valence-corrected chi connectivity index (χ2v) is 6.99. The van der Waals surface area contributed by atoms with Crippen LogP contribution in [0.2, 0.25) is 0 Å². The molecule has 2 aromatic heterocycles. The number of rotatable bonds is 5. The van der Waals surface area contributed by atoms with E-state index >= 15 is 0 Å². The first-order valence-electron chi connectivity index (χ1n) is 8.24. The van der Waals surface area contributed by atoms with E-state index in [9.17, 15) is 9.59 Å². The fourth-order valence-electron chi connectivity index (χ4n) is 2.05. The number of hydrogen-bond acceptors (Lipinski definition) is 5. The van der Waals surface area contributed by atoms with Crippen molar-refractivity contribution in [2.75, 3.05) is 18.4 Å². The number of nitrogens with zero attached hydrogens (tertiary/aromatic N) is 2. The van der Waals surface area contributed by atoms with E-state index in [1.807, 2.05) is 39.8 Å². The number of pyridine rings is 1. The van der Waals surface area contributed by atoms with Crippen LogP contribution in [-0.4, -0.2) is 33.9 Å². The van der Waals surface area contributed by atoms with Crippen LogP contribution < -0.4 is 16.2 Å². The fourth-order valence-corrected chi connectivity index (χ4v) is 2.05. The van der Waals surface area contributed by atoms with Crippen molar-refractivity contribution in [1.82, 2.24) is 20.3 Å². The van der Waals surface area contributed by atoms with Gasteiger partial charge >= 0.3 is 0 Å². The van der Waals surface area contributed by atoms with E-state index in [4.69, 9.17) is 0 Å². The Morgan fingerprint density at radius 3 is 2.48 bits per heavy atom. The van der Waals surface area contributed by atoms with Crippen LogP contribution in [0.25, 0.3) is 11.4 Å². The van der Waals surface area contributed by atoms with Crippen LogP contribution in [-0.2, 0) is 4.79 Å². The molecule has 0 saturated carbocycles. The van der Waals surface area contributed by atoms with Crippen molar-refractivity contribution in [3.63, 3.8) is 0 Å². The van der Waals surface area contributed by atoms with Gasteiger partial charge in [0.05, 0.1) is 0 Å². The van der Waals surface area contributed by atoms with Crippen LogP contribution >= 0.6 is 0 Å². The molecule has 2 rings (SSSR count). The lowest BCUT2D eigenvalue weighted by Gasteiger charge is -2.17. The molecule has 0 atom stereocenters. The van der Waals surface area contributed by atoms with Gasteiger partial charge in [0, 0.05) is 41.5 Å². The van der Waals surface area contributed by atoms with E-state index in [1.54, 1.807) is 13.1 Å². The third-order valence-electron chi connectivity index (χ3n) is 3.83. The van der Waals surface area contributed by atoms with Gasteiger partial charge in [0.2, 0.25) is 5.91 Å². The van der Waals surface area contributed by atoms with E-state index < -0.39 is 5.41 Å². The number of amides is 1. The molecule has 0 saturated heterocycles. The Hall–Kier alpha value is -2.70. The average Bonchev–Trinajstić information content (AvgIpc) is 2.55. The molecule has 7 heteroatoms. The summed E-state index contributed by atoms with van der Waals surface area (Å²) in [6.07, 6.45) is 1.66. The number of nitrogens with one attached hydrogen (secondary N) is 3. The van der Waals surface area contributed by atoms with Gasteiger partial charge in [-0.3, -0.25) is 9.59 Å². The molecule has 0 aliphatic rings. The van der Waals surface area contributed by atoms with Crippen molar-refractivity contribution in [1.29, 1.82) is 0 Å². The van der Waals surface area contributed by atoms with Crippen LogP contribution in [0.5, 0.6) is 0 Å². The molecule has 0 fully saturated rings. The highest BCUT2D eigenvalue weighted by Crippen LogP contribution is 2.15. The number of hydrogen-bond donors (Lipinski definition) is 3. The number of anilines is 1. The van der Waals surface area contributed by atoms with Gasteiger partial charge in [-0.25, -0.2) is 9.97 Å². The van der Waals surface area contributed by atoms with Crippen LogP contribution in [0.3, 0.4) is 0 Å². The first-order chi connectivity index (χ1) is 11.7. The Morgan fingerprint density at radius 1 is 1.20 bits per heavy atom. The lowest BCUT2D eigenvalue weighted by atomic mass is 9.96. The molecule has 2 aromatic rings. The SMILES string of the molecule is Cc1nc(-c2ccc(NCCNC(=O)C(C)(C)C)nc2)[nH]c(=O)c1C. The zero-order valence-electron chi connectivity index (χ0n) is 15.4. The van der Waals surface area contributed by atoms with Gasteiger partial charge < -0.3 is 15.6 Å². The van der Waals surface area contributed by atoms with Crippen molar-refractivity contribution in [2.24, 2.45) is 5.41 Å². The van der Waals surface area contributed by atoms with E-state index in [1.165, 1.54) is 0 Å². The number of aromatic amines is 1. The maximum absolute atomic E-state index is 11.8. The number of aryl methyl sites for hydroxylation is 1. The largest absolute Gasteiger partial charge is 0.368 e. The summed E-state index contributed by atoms with van der Waals surface area (Å²) in [4.78, 5) is 35.1. The zero-order valence-corrected chi connectivity index (χ0v) is 15.4. The minimum absolute atomic E-state index is 0.0161. The normalized spacial score (nSPS) is 11.2. The minimum atomic E-state index is -0.393. The molecular formula is C18H25N5O2. The average molecular weight is 343 g/mol. The van der Waals surface area contributed by atoms with Gasteiger partial charge in [-0.2, -0.15) is 0 Å². The number of H-pyrrole nitrogens is 1. The van der Waals surface area contributed by atoms with E-state index in [2.05, 4.69) is 25.6 Å². The van der Waals surface area contributed by atoms with E-state index in [0.717, 1.165) is 5.56 Å². The Labute approximate surface area is 147 Å². The fraction of sp³-hybridized carbons (Fsp3) is 0.444. The Morgan fingerprint density at radius 2 is 1.92 bits per heavy atom. The summed E-state index contributed by atoms with van der Waals surface area (Å²) in [7, 11) is 0. The summed E-state index contributed by atoms with van der Waals surface area (Å²) in [5.41, 5.74) is 1.53. The lowest BCUT2D eigenvalue weighted by molar-refractivity contribution is -0.128. The van der Waals surface area contributed by atoms with Crippen LogP contribution in [0.15, 0.2) is 23.1 Å². The van der Waals surface area contributed by atoms with Crippen molar-refractivity contribution in [3.05, 3.63) is 39.9 Å². The maximum atomic E-state index is 11.8. The second-order valence-electron chi connectivity index (χ2n) is 6.99. The third-order valence-corrected chi connectivity index (χ3v) is 3.83. The standard InChI is InChI=1S/C18H25N5O2/c1-11-12(2)22-15(23-16(11)24)13-6-7-14(21-10-13)19-8-9-20-17(25)18(3,4)5/h6-7,10H,8-9H2,1-5H3,(H,19,21)(H,20,25)(H,22,23,24). The van der Waals surface area contributed by atoms with Crippen LogP contribution in [0, 0.1) is 19.3 Å². The first-order valence-corrected chi connectivity index (χ1v) is 8.24. The molecule has 0 aliphatic heterocycles. The summed E-state index contributed by atoms with van der Waals surface area (Å²) < 4.78 is 0. The van der Waals surface area contributed by atoms with Crippen molar-refractivity contribution in [2.45, 2.75) is 34.6 Å². The Balaban J connectivity index is 1.94. The summed E-state index contributed by atoms with van der Waals surface area (Å²) in [5, 5.41) is 6.01. The van der Waals surface area contributed by atoms with Crippen LogP contribution in [0.1, 0.15) is 32.0 Å². The zero-order chi connectivity index (χ0) is 18.6. The molecule has 25 heavy (non-hydrogen) atoms. The molecule has 0 unspecified atom stereocenters. The molecule has 0 spiro atoms. The molecule has 0 aromatic carbocycles. The predicted molar refractivity (Wildman–Crippen MR) is 98.5 cm³/mol. The van der Waals surface area contributed by atoms with Gasteiger partial charge in [0.15, 0.2) is 0 Å². The molecule has 0 bridgehead atoms. The monoisotopic (exact) mass is 343 g/mol. The number of carbonyl (C=O) groups excluding carboxylic acids is 1. The Kier molecular flexibility index (Phi) is 5.56. The molecule has 1 amide bonds. The lowest BCUT2D eigenvalue weighted by Crippen LogP contribution is -2.37. The molecule has 0 aliphatic carbocycles.